The van der Waals surface area contributed by atoms with Gasteiger partial charge in [-0.3, -0.25) is 0 Å². The molecule has 1 aliphatic rings. The molecule has 0 bridgehead atoms. The number of hydrogen-bond donors (Lipinski definition) is 1. The molecule has 2 rings (SSSR count). The van der Waals surface area contributed by atoms with Crippen molar-refractivity contribution in [1.82, 2.24) is 4.90 Å². The van der Waals surface area contributed by atoms with E-state index in [9.17, 15) is 5.11 Å². The fourth-order valence-corrected chi connectivity index (χ4v) is 2.80. The van der Waals surface area contributed by atoms with Crippen LogP contribution in [0.5, 0.6) is 5.75 Å². The zero-order valence-corrected chi connectivity index (χ0v) is 11.4. The maximum Gasteiger partial charge on any atom is 0.123 e. The molecular weight excluding hydrogens is 226 g/mol. The maximum atomic E-state index is 9.50. The van der Waals surface area contributed by atoms with Crippen molar-refractivity contribution in [2.45, 2.75) is 25.8 Å². The van der Waals surface area contributed by atoms with E-state index in [2.05, 4.69) is 18.0 Å². The molecule has 0 unspecified atom stereocenters. The van der Waals surface area contributed by atoms with Crippen molar-refractivity contribution in [3.8, 4) is 5.75 Å². The van der Waals surface area contributed by atoms with Crippen LogP contribution in [0.25, 0.3) is 0 Å². The molecule has 1 aromatic rings. The van der Waals surface area contributed by atoms with E-state index in [4.69, 9.17) is 4.74 Å². The second-order valence-corrected chi connectivity index (χ2v) is 5.50. The van der Waals surface area contributed by atoms with Gasteiger partial charge in [0.1, 0.15) is 5.75 Å². The summed E-state index contributed by atoms with van der Waals surface area (Å²) in [6.45, 7) is 2.14. The molecule has 0 aromatic heterocycles. The molecule has 1 fully saturated rings. The molecule has 1 saturated carbocycles. The summed E-state index contributed by atoms with van der Waals surface area (Å²) in [7, 11) is 3.82. The molecule has 0 spiro atoms. The van der Waals surface area contributed by atoms with Crippen molar-refractivity contribution < 1.29 is 9.84 Å². The number of aliphatic hydroxyl groups excluding tert-OH is 1. The Morgan fingerprint density at radius 3 is 2.61 bits per heavy atom. The van der Waals surface area contributed by atoms with Crippen LogP contribution in [0.2, 0.25) is 0 Å². The molecule has 0 heterocycles. The zero-order valence-electron chi connectivity index (χ0n) is 11.4. The van der Waals surface area contributed by atoms with Crippen LogP contribution in [-0.4, -0.2) is 37.3 Å². The average molecular weight is 249 g/mol. The molecule has 0 atom stereocenters. The molecule has 0 aliphatic heterocycles. The van der Waals surface area contributed by atoms with Crippen molar-refractivity contribution in [1.29, 1.82) is 0 Å². The van der Waals surface area contributed by atoms with Gasteiger partial charge in [0.05, 0.1) is 7.11 Å². The Morgan fingerprint density at radius 1 is 1.33 bits per heavy atom. The van der Waals surface area contributed by atoms with E-state index in [0.29, 0.717) is 6.61 Å². The second-order valence-electron chi connectivity index (χ2n) is 5.50. The lowest BCUT2D eigenvalue weighted by Gasteiger charge is -2.43. The quantitative estimate of drug-likeness (QED) is 0.839. The third-order valence-corrected chi connectivity index (χ3v) is 3.99. The summed E-state index contributed by atoms with van der Waals surface area (Å²) in [5, 5.41) is 9.50. The van der Waals surface area contributed by atoms with Crippen LogP contribution >= 0.6 is 0 Å². The third-order valence-electron chi connectivity index (χ3n) is 3.99. The first-order valence-corrected chi connectivity index (χ1v) is 6.60. The largest absolute Gasteiger partial charge is 0.496 e. The smallest absolute Gasteiger partial charge is 0.123 e. The highest BCUT2D eigenvalue weighted by Crippen LogP contribution is 2.41. The molecule has 18 heavy (non-hydrogen) atoms. The lowest BCUT2D eigenvalue weighted by molar-refractivity contribution is 0.0126. The van der Waals surface area contributed by atoms with E-state index in [1.807, 2.05) is 18.2 Å². The van der Waals surface area contributed by atoms with E-state index < -0.39 is 0 Å². The number of rotatable bonds is 6. The molecule has 0 radical (unpaired) electrons. The summed E-state index contributed by atoms with van der Waals surface area (Å²) < 4.78 is 5.37. The highest BCUT2D eigenvalue weighted by atomic mass is 16.5. The minimum absolute atomic E-state index is 0.150. The first kappa shape index (κ1) is 13.4. The van der Waals surface area contributed by atoms with Crippen LogP contribution in [0, 0.1) is 5.41 Å². The highest BCUT2D eigenvalue weighted by Gasteiger charge is 2.37. The van der Waals surface area contributed by atoms with E-state index >= 15 is 0 Å². The number of aliphatic hydroxyl groups is 1. The lowest BCUT2D eigenvalue weighted by atomic mass is 9.69. The first-order chi connectivity index (χ1) is 8.69. The topological polar surface area (TPSA) is 32.7 Å². The monoisotopic (exact) mass is 249 g/mol. The number of ether oxygens (including phenoxy) is 1. The van der Waals surface area contributed by atoms with Crippen molar-refractivity contribution >= 4 is 0 Å². The van der Waals surface area contributed by atoms with Crippen LogP contribution in [0.3, 0.4) is 0 Å². The Labute approximate surface area is 109 Å². The summed E-state index contributed by atoms with van der Waals surface area (Å²) in [4.78, 5) is 2.28. The van der Waals surface area contributed by atoms with Gasteiger partial charge in [0, 0.05) is 30.7 Å². The van der Waals surface area contributed by atoms with Crippen molar-refractivity contribution in [2.24, 2.45) is 5.41 Å². The fraction of sp³-hybridized carbons (Fsp3) is 0.600. The molecule has 3 heteroatoms. The van der Waals surface area contributed by atoms with Gasteiger partial charge in [0.25, 0.3) is 0 Å². The van der Waals surface area contributed by atoms with Gasteiger partial charge >= 0.3 is 0 Å². The van der Waals surface area contributed by atoms with Gasteiger partial charge in [-0.2, -0.15) is 0 Å². The van der Waals surface area contributed by atoms with E-state index in [0.717, 1.165) is 31.7 Å². The number of nitrogens with zero attached hydrogens (tertiary/aromatic N) is 1. The summed E-state index contributed by atoms with van der Waals surface area (Å²) in [6.07, 6.45) is 3.56. The summed E-state index contributed by atoms with van der Waals surface area (Å²) in [5.74, 6) is 0.941. The summed E-state index contributed by atoms with van der Waals surface area (Å²) in [6, 6.07) is 8.12. The Bertz CT molecular complexity index is 382. The van der Waals surface area contributed by atoms with Gasteiger partial charge in [-0.25, -0.2) is 0 Å². The molecule has 1 aliphatic carbocycles. The van der Waals surface area contributed by atoms with Gasteiger partial charge in [0.2, 0.25) is 0 Å². The lowest BCUT2D eigenvalue weighted by Crippen LogP contribution is -2.43. The second kappa shape index (κ2) is 5.72. The van der Waals surface area contributed by atoms with Crippen LogP contribution in [0.15, 0.2) is 24.3 Å². The minimum atomic E-state index is 0.150. The van der Waals surface area contributed by atoms with Gasteiger partial charge in [0.15, 0.2) is 0 Å². The van der Waals surface area contributed by atoms with Crippen molar-refractivity contribution in [3.63, 3.8) is 0 Å². The Hall–Kier alpha value is -1.06. The maximum absolute atomic E-state index is 9.50. The minimum Gasteiger partial charge on any atom is -0.496 e. The summed E-state index contributed by atoms with van der Waals surface area (Å²) >= 11 is 0. The molecule has 100 valence electrons. The zero-order chi connectivity index (χ0) is 13.0. The van der Waals surface area contributed by atoms with Crippen LogP contribution in [-0.2, 0) is 6.54 Å². The number of methoxy groups -OCH3 is 1. The standard InChI is InChI=1S/C15H23NO2/c1-16(11-15(12-17)8-5-9-15)10-13-6-3-4-7-14(13)18-2/h3-4,6-7,17H,5,8-12H2,1-2H3. The van der Waals surface area contributed by atoms with Crippen molar-refractivity contribution in [2.75, 3.05) is 27.3 Å². The van der Waals surface area contributed by atoms with Crippen LogP contribution in [0.4, 0.5) is 0 Å². The third kappa shape index (κ3) is 2.85. The number of para-hydroxylation sites is 1. The number of hydrogen-bond acceptors (Lipinski definition) is 3. The number of benzene rings is 1. The van der Waals surface area contributed by atoms with Crippen LogP contribution < -0.4 is 4.74 Å². The Balaban J connectivity index is 1.96. The molecule has 0 amide bonds. The predicted molar refractivity (Wildman–Crippen MR) is 72.7 cm³/mol. The van der Waals surface area contributed by atoms with Crippen molar-refractivity contribution in [3.05, 3.63) is 29.8 Å². The molecule has 0 saturated heterocycles. The SMILES string of the molecule is COc1ccccc1CN(C)CC1(CO)CCC1. The van der Waals surface area contributed by atoms with Crippen LogP contribution in [0.1, 0.15) is 24.8 Å². The van der Waals surface area contributed by atoms with E-state index in [1.165, 1.54) is 12.0 Å². The Kier molecular flexibility index (Phi) is 4.25. The Morgan fingerprint density at radius 2 is 2.06 bits per heavy atom. The van der Waals surface area contributed by atoms with Gasteiger partial charge in [-0.05, 0) is 26.0 Å². The van der Waals surface area contributed by atoms with E-state index in [-0.39, 0.29) is 5.41 Å². The van der Waals surface area contributed by atoms with Gasteiger partial charge < -0.3 is 14.7 Å². The van der Waals surface area contributed by atoms with Gasteiger partial charge in [-0.1, -0.05) is 24.6 Å². The first-order valence-electron chi connectivity index (χ1n) is 6.60. The normalized spacial score (nSPS) is 17.6. The highest BCUT2D eigenvalue weighted by molar-refractivity contribution is 5.33. The molecular formula is C15H23NO2. The molecule has 3 nitrogen and oxygen atoms in total. The predicted octanol–water partition coefficient (Wildman–Crippen LogP) is 2.29. The van der Waals surface area contributed by atoms with Gasteiger partial charge in [-0.15, -0.1) is 0 Å². The average Bonchev–Trinajstić information content (AvgIpc) is 2.34. The molecule has 1 aromatic carbocycles. The molecule has 1 N–H and O–H groups in total. The van der Waals surface area contributed by atoms with E-state index in [1.54, 1.807) is 7.11 Å². The fourth-order valence-electron chi connectivity index (χ4n) is 2.80. The summed E-state index contributed by atoms with van der Waals surface area (Å²) in [5.41, 5.74) is 1.35.